The molecule has 0 aliphatic rings. The Morgan fingerprint density at radius 2 is 1.83 bits per heavy atom. The Balaban J connectivity index is 1.79. The second-order valence-electron chi connectivity index (χ2n) is 5.40. The zero-order valence-electron chi connectivity index (χ0n) is 12.5. The Morgan fingerprint density at radius 3 is 2.70 bits per heavy atom. The van der Waals surface area contributed by atoms with Gasteiger partial charge in [0.1, 0.15) is 0 Å². The number of thioether (sulfide) groups is 1. The lowest BCUT2D eigenvalue weighted by molar-refractivity contribution is 0.939. The Morgan fingerprint density at radius 1 is 1.04 bits per heavy atom. The van der Waals surface area contributed by atoms with E-state index in [9.17, 15) is 0 Å². The van der Waals surface area contributed by atoms with E-state index in [0.717, 1.165) is 32.7 Å². The van der Waals surface area contributed by atoms with E-state index in [4.69, 9.17) is 11.6 Å². The first-order valence-electron chi connectivity index (χ1n) is 7.34. The number of nitrogens with zero attached hydrogens (tertiary/aromatic N) is 3. The van der Waals surface area contributed by atoms with E-state index >= 15 is 0 Å². The fourth-order valence-corrected chi connectivity index (χ4v) is 3.96. The molecular formula is C18H14ClN3S. The van der Waals surface area contributed by atoms with Gasteiger partial charge in [-0.1, -0.05) is 59.8 Å². The van der Waals surface area contributed by atoms with Crippen molar-refractivity contribution in [1.82, 2.24) is 14.6 Å². The van der Waals surface area contributed by atoms with Gasteiger partial charge in [0, 0.05) is 16.2 Å². The van der Waals surface area contributed by atoms with Crippen molar-refractivity contribution >= 4 is 39.9 Å². The molecule has 2 aromatic carbocycles. The van der Waals surface area contributed by atoms with Crippen molar-refractivity contribution in [3.8, 4) is 0 Å². The van der Waals surface area contributed by atoms with Gasteiger partial charge in [-0.25, -0.2) is 0 Å². The lowest BCUT2D eigenvalue weighted by Crippen LogP contribution is -1.93. The second-order valence-corrected chi connectivity index (χ2v) is 6.75. The van der Waals surface area contributed by atoms with Crippen LogP contribution in [0, 0.1) is 6.92 Å². The van der Waals surface area contributed by atoms with Crippen LogP contribution in [0.3, 0.4) is 0 Å². The number of aromatic nitrogens is 3. The quantitative estimate of drug-likeness (QED) is 0.484. The summed E-state index contributed by atoms with van der Waals surface area (Å²) in [7, 11) is 0. The molecule has 0 saturated heterocycles. The number of hydrogen-bond acceptors (Lipinski definition) is 3. The highest BCUT2D eigenvalue weighted by atomic mass is 35.5. The highest BCUT2D eigenvalue weighted by molar-refractivity contribution is 7.98. The number of aryl methyl sites for hydroxylation is 1. The lowest BCUT2D eigenvalue weighted by Gasteiger charge is -2.07. The van der Waals surface area contributed by atoms with Crippen LogP contribution in [-0.2, 0) is 5.75 Å². The third-order valence-corrected chi connectivity index (χ3v) is 5.23. The molecule has 0 N–H and O–H groups in total. The summed E-state index contributed by atoms with van der Waals surface area (Å²) in [5, 5.41) is 11.6. The zero-order valence-corrected chi connectivity index (χ0v) is 14.1. The molecule has 0 unspecified atom stereocenters. The molecule has 4 rings (SSSR count). The molecular weight excluding hydrogens is 326 g/mol. The summed E-state index contributed by atoms with van der Waals surface area (Å²) >= 11 is 7.89. The number of pyridine rings is 1. The number of para-hydroxylation sites is 1. The van der Waals surface area contributed by atoms with Crippen LogP contribution in [0.15, 0.2) is 59.8 Å². The molecule has 0 atom stereocenters. The Kier molecular flexibility index (Phi) is 3.71. The normalized spacial score (nSPS) is 11.4. The molecule has 0 radical (unpaired) electrons. The SMILES string of the molecule is Cc1cc2nnc(SCc3ccccc3Cl)n2c2ccccc12. The van der Waals surface area contributed by atoms with E-state index in [-0.39, 0.29) is 0 Å². The minimum Gasteiger partial charge on any atom is -0.270 e. The van der Waals surface area contributed by atoms with E-state index in [1.807, 2.05) is 30.3 Å². The predicted octanol–water partition coefficient (Wildman–Crippen LogP) is 5.14. The summed E-state index contributed by atoms with van der Waals surface area (Å²) in [4.78, 5) is 0. The van der Waals surface area contributed by atoms with Gasteiger partial charge in [0.25, 0.3) is 0 Å². The fraction of sp³-hybridized carbons (Fsp3) is 0.111. The summed E-state index contributed by atoms with van der Waals surface area (Å²) in [5.41, 5.74) is 4.33. The summed E-state index contributed by atoms with van der Waals surface area (Å²) in [6.07, 6.45) is 0. The van der Waals surface area contributed by atoms with Gasteiger partial charge in [0.15, 0.2) is 10.8 Å². The highest BCUT2D eigenvalue weighted by Crippen LogP contribution is 2.29. The second kappa shape index (κ2) is 5.87. The molecule has 2 heterocycles. The average molecular weight is 340 g/mol. The van der Waals surface area contributed by atoms with Crippen LogP contribution in [0.1, 0.15) is 11.1 Å². The van der Waals surface area contributed by atoms with Crippen molar-refractivity contribution in [1.29, 1.82) is 0 Å². The Hall–Kier alpha value is -2.04. The number of hydrogen-bond donors (Lipinski definition) is 0. The molecule has 0 spiro atoms. The maximum atomic E-state index is 6.24. The van der Waals surface area contributed by atoms with Crippen LogP contribution in [-0.4, -0.2) is 14.6 Å². The van der Waals surface area contributed by atoms with Gasteiger partial charge in [-0.3, -0.25) is 4.40 Å². The third kappa shape index (κ3) is 2.58. The monoisotopic (exact) mass is 339 g/mol. The molecule has 0 amide bonds. The topological polar surface area (TPSA) is 30.2 Å². The number of halogens is 1. The van der Waals surface area contributed by atoms with Gasteiger partial charge in [0.05, 0.1) is 5.52 Å². The minimum atomic E-state index is 0.767. The van der Waals surface area contributed by atoms with Gasteiger partial charge in [-0.15, -0.1) is 10.2 Å². The van der Waals surface area contributed by atoms with Crippen molar-refractivity contribution in [2.45, 2.75) is 17.8 Å². The van der Waals surface area contributed by atoms with Crippen LogP contribution >= 0.6 is 23.4 Å². The van der Waals surface area contributed by atoms with Gasteiger partial charge in [0.2, 0.25) is 0 Å². The number of fused-ring (bicyclic) bond motifs is 3. The minimum absolute atomic E-state index is 0.767. The predicted molar refractivity (Wildman–Crippen MR) is 96.2 cm³/mol. The summed E-state index contributed by atoms with van der Waals surface area (Å²) in [6.45, 7) is 2.10. The first-order chi connectivity index (χ1) is 11.2. The molecule has 2 aromatic heterocycles. The van der Waals surface area contributed by atoms with E-state index in [2.05, 4.69) is 45.8 Å². The van der Waals surface area contributed by atoms with Crippen molar-refractivity contribution in [2.24, 2.45) is 0 Å². The van der Waals surface area contributed by atoms with E-state index in [1.54, 1.807) is 11.8 Å². The summed E-state index contributed by atoms with van der Waals surface area (Å²) in [6, 6.07) is 18.3. The van der Waals surface area contributed by atoms with Crippen molar-refractivity contribution < 1.29 is 0 Å². The Bertz CT molecular complexity index is 1010. The van der Waals surface area contributed by atoms with Crippen molar-refractivity contribution in [3.05, 3.63) is 70.7 Å². The van der Waals surface area contributed by atoms with Gasteiger partial charge < -0.3 is 0 Å². The standard InChI is InChI=1S/C18H14ClN3S/c1-12-10-17-20-21-18(22(17)16-9-5-3-7-14(12)16)23-11-13-6-2-4-8-15(13)19/h2-10H,11H2,1H3. The molecule has 5 heteroatoms. The maximum absolute atomic E-state index is 6.24. The number of benzene rings is 2. The number of rotatable bonds is 3. The van der Waals surface area contributed by atoms with E-state index in [1.165, 1.54) is 10.9 Å². The molecule has 0 saturated carbocycles. The van der Waals surface area contributed by atoms with Gasteiger partial charge in [-0.05, 0) is 36.2 Å². The smallest absolute Gasteiger partial charge is 0.196 e. The molecule has 0 bridgehead atoms. The highest BCUT2D eigenvalue weighted by Gasteiger charge is 2.12. The first kappa shape index (κ1) is 14.5. The van der Waals surface area contributed by atoms with Crippen LogP contribution in [0.5, 0.6) is 0 Å². The molecule has 0 fully saturated rings. The summed E-state index contributed by atoms with van der Waals surface area (Å²) in [5.74, 6) is 0.767. The third-order valence-electron chi connectivity index (χ3n) is 3.89. The lowest BCUT2D eigenvalue weighted by atomic mass is 10.1. The van der Waals surface area contributed by atoms with E-state index < -0.39 is 0 Å². The van der Waals surface area contributed by atoms with Gasteiger partial charge >= 0.3 is 0 Å². The summed E-state index contributed by atoms with van der Waals surface area (Å²) < 4.78 is 2.11. The van der Waals surface area contributed by atoms with Crippen molar-refractivity contribution in [3.63, 3.8) is 0 Å². The largest absolute Gasteiger partial charge is 0.270 e. The van der Waals surface area contributed by atoms with Crippen LogP contribution in [0.25, 0.3) is 16.6 Å². The van der Waals surface area contributed by atoms with Gasteiger partial charge in [-0.2, -0.15) is 0 Å². The van der Waals surface area contributed by atoms with Crippen LogP contribution in [0.4, 0.5) is 0 Å². The first-order valence-corrected chi connectivity index (χ1v) is 8.70. The Labute approximate surface area is 143 Å². The van der Waals surface area contributed by atoms with Crippen LogP contribution < -0.4 is 0 Å². The molecule has 4 aromatic rings. The zero-order chi connectivity index (χ0) is 15.8. The average Bonchev–Trinajstić information content (AvgIpc) is 2.97. The maximum Gasteiger partial charge on any atom is 0.196 e. The fourth-order valence-electron chi connectivity index (χ4n) is 2.73. The molecule has 0 aliphatic carbocycles. The van der Waals surface area contributed by atoms with E-state index in [0.29, 0.717) is 0 Å². The van der Waals surface area contributed by atoms with Crippen LogP contribution in [0.2, 0.25) is 5.02 Å². The van der Waals surface area contributed by atoms with Crippen molar-refractivity contribution in [2.75, 3.05) is 0 Å². The molecule has 114 valence electrons. The molecule has 0 aliphatic heterocycles. The molecule has 23 heavy (non-hydrogen) atoms. The molecule has 3 nitrogen and oxygen atoms in total.